The van der Waals surface area contributed by atoms with E-state index in [9.17, 15) is 0 Å². The minimum Gasteiger partial charge on any atom is -0.388 e. The van der Waals surface area contributed by atoms with E-state index in [1.54, 1.807) is 22.3 Å². The van der Waals surface area contributed by atoms with Gasteiger partial charge in [-0.3, -0.25) is 4.68 Å². The lowest BCUT2D eigenvalue weighted by Gasteiger charge is -2.12. The summed E-state index contributed by atoms with van der Waals surface area (Å²) in [7, 11) is 3.82. The van der Waals surface area contributed by atoms with Crippen LogP contribution in [0.15, 0.2) is 54.4 Å². The van der Waals surface area contributed by atoms with Gasteiger partial charge >= 0.3 is 0 Å². The van der Waals surface area contributed by atoms with Gasteiger partial charge in [-0.15, -0.1) is 11.3 Å². The Morgan fingerprint density at radius 3 is 2.75 bits per heavy atom. The predicted molar refractivity (Wildman–Crippen MR) is 114 cm³/mol. The van der Waals surface area contributed by atoms with E-state index in [1.807, 2.05) is 50.1 Å². The predicted octanol–water partition coefficient (Wildman–Crippen LogP) is 4.43. The monoisotopic (exact) mass is 387 g/mol. The van der Waals surface area contributed by atoms with Crippen molar-refractivity contribution in [1.82, 2.24) is 24.7 Å². The Balaban J connectivity index is 1.61. The minimum atomic E-state index is 0.762. The molecule has 0 saturated carbocycles. The third-order valence-corrected chi connectivity index (χ3v) is 5.42. The smallest absolute Gasteiger partial charge is 0.141 e. The maximum absolute atomic E-state index is 4.52. The van der Waals surface area contributed by atoms with Crippen LogP contribution in [0.3, 0.4) is 0 Å². The molecular formula is C20H17N7S. The Kier molecular flexibility index (Phi) is 3.91. The molecule has 2 aromatic carbocycles. The fourth-order valence-corrected chi connectivity index (χ4v) is 3.97. The quantitative estimate of drug-likeness (QED) is 0.475. The lowest BCUT2D eigenvalue weighted by molar-refractivity contribution is 0.771. The number of fused-ring (bicyclic) bond motifs is 2. The van der Waals surface area contributed by atoms with Crippen LogP contribution >= 0.6 is 11.3 Å². The number of rotatable bonds is 4. The van der Waals surface area contributed by atoms with Crippen LogP contribution < -0.4 is 10.6 Å². The molecule has 0 saturated heterocycles. The van der Waals surface area contributed by atoms with E-state index in [0.717, 1.165) is 49.6 Å². The molecule has 3 heterocycles. The number of benzene rings is 2. The van der Waals surface area contributed by atoms with Gasteiger partial charge in [0.1, 0.15) is 12.1 Å². The molecule has 7 nitrogen and oxygen atoms in total. The number of hydrogen-bond acceptors (Lipinski definition) is 7. The maximum atomic E-state index is 4.52. The summed E-state index contributed by atoms with van der Waals surface area (Å²) in [4.78, 5) is 13.3. The van der Waals surface area contributed by atoms with Crippen LogP contribution in [0.5, 0.6) is 0 Å². The molecule has 28 heavy (non-hydrogen) atoms. The van der Waals surface area contributed by atoms with Gasteiger partial charge in [-0.1, -0.05) is 0 Å². The summed E-state index contributed by atoms with van der Waals surface area (Å²) in [6.45, 7) is 0. The Morgan fingerprint density at radius 2 is 1.93 bits per heavy atom. The molecule has 0 aliphatic heterocycles. The van der Waals surface area contributed by atoms with Gasteiger partial charge in [-0.2, -0.15) is 5.10 Å². The first-order valence-corrected chi connectivity index (χ1v) is 9.66. The van der Waals surface area contributed by atoms with Crippen LogP contribution in [0.25, 0.3) is 32.4 Å². The number of nitrogens with one attached hydrogen (secondary N) is 2. The van der Waals surface area contributed by atoms with E-state index in [2.05, 4.69) is 42.8 Å². The summed E-state index contributed by atoms with van der Waals surface area (Å²) in [6, 6.07) is 12.2. The molecule has 0 fully saturated rings. The van der Waals surface area contributed by atoms with Crippen LogP contribution in [-0.4, -0.2) is 31.8 Å². The molecule has 0 amide bonds. The van der Waals surface area contributed by atoms with Crippen molar-refractivity contribution in [3.63, 3.8) is 0 Å². The molecule has 0 aliphatic rings. The van der Waals surface area contributed by atoms with E-state index in [4.69, 9.17) is 0 Å². The van der Waals surface area contributed by atoms with E-state index in [1.165, 1.54) is 0 Å². The molecule has 5 aromatic rings. The van der Waals surface area contributed by atoms with Gasteiger partial charge in [-0.25, -0.2) is 15.0 Å². The molecule has 0 unspecified atom stereocenters. The molecule has 3 aromatic heterocycles. The fourth-order valence-electron chi connectivity index (χ4n) is 3.25. The first kappa shape index (κ1) is 16.6. The second kappa shape index (κ2) is 6.58. The van der Waals surface area contributed by atoms with E-state index in [-0.39, 0.29) is 0 Å². The molecule has 0 atom stereocenters. The van der Waals surface area contributed by atoms with Crippen molar-refractivity contribution in [1.29, 1.82) is 0 Å². The maximum Gasteiger partial charge on any atom is 0.141 e. The molecule has 5 rings (SSSR count). The van der Waals surface area contributed by atoms with Crippen LogP contribution in [0.4, 0.5) is 17.2 Å². The van der Waals surface area contributed by atoms with Crippen molar-refractivity contribution in [2.75, 3.05) is 17.7 Å². The summed E-state index contributed by atoms with van der Waals surface area (Å²) in [5.74, 6) is 0.762. The second-order valence-electron chi connectivity index (χ2n) is 6.42. The van der Waals surface area contributed by atoms with E-state index in [0.29, 0.717) is 0 Å². The first-order valence-electron chi connectivity index (χ1n) is 8.78. The zero-order chi connectivity index (χ0) is 19.1. The molecule has 8 heteroatoms. The molecule has 2 N–H and O–H groups in total. The fraction of sp³-hybridized carbons (Fsp3) is 0.100. The Bertz CT molecular complexity index is 1300. The van der Waals surface area contributed by atoms with Crippen LogP contribution in [-0.2, 0) is 7.05 Å². The molecule has 0 radical (unpaired) electrons. The molecular weight excluding hydrogens is 370 g/mol. The highest BCUT2D eigenvalue weighted by Crippen LogP contribution is 2.34. The Labute approximate surface area is 165 Å². The average molecular weight is 387 g/mol. The number of nitrogens with zero attached hydrogens (tertiary/aromatic N) is 5. The van der Waals surface area contributed by atoms with Gasteiger partial charge in [0.05, 0.1) is 26.9 Å². The van der Waals surface area contributed by atoms with Gasteiger partial charge in [-0.05, 0) is 36.4 Å². The SMILES string of the molecule is CNc1cc2c(Nc3ccc4ncsc4c3)ncnc2cc1-c1ccn(C)n1. The largest absolute Gasteiger partial charge is 0.388 e. The third-order valence-electron chi connectivity index (χ3n) is 4.63. The third kappa shape index (κ3) is 2.84. The normalized spacial score (nSPS) is 11.2. The summed E-state index contributed by atoms with van der Waals surface area (Å²) >= 11 is 1.62. The van der Waals surface area contributed by atoms with Crippen molar-refractivity contribution < 1.29 is 0 Å². The number of aromatic nitrogens is 5. The molecule has 0 bridgehead atoms. The van der Waals surface area contributed by atoms with Gasteiger partial charge < -0.3 is 10.6 Å². The van der Waals surface area contributed by atoms with Crippen molar-refractivity contribution >= 4 is 49.6 Å². The Morgan fingerprint density at radius 1 is 1.00 bits per heavy atom. The van der Waals surface area contributed by atoms with Crippen molar-refractivity contribution in [3.8, 4) is 11.3 Å². The number of anilines is 3. The number of aryl methyl sites for hydroxylation is 1. The highest BCUT2D eigenvalue weighted by molar-refractivity contribution is 7.16. The lowest BCUT2D eigenvalue weighted by Crippen LogP contribution is -1.99. The highest BCUT2D eigenvalue weighted by Gasteiger charge is 2.13. The molecule has 138 valence electrons. The van der Waals surface area contributed by atoms with Crippen LogP contribution in [0.2, 0.25) is 0 Å². The zero-order valence-electron chi connectivity index (χ0n) is 15.3. The second-order valence-corrected chi connectivity index (χ2v) is 7.31. The van der Waals surface area contributed by atoms with Crippen molar-refractivity contribution in [2.45, 2.75) is 0 Å². The highest BCUT2D eigenvalue weighted by atomic mass is 32.1. The Hall–Kier alpha value is -3.52. The van der Waals surface area contributed by atoms with Crippen LogP contribution in [0.1, 0.15) is 0 Å². The summed E-state index contributed by atoms with van der Waals surface area (Å²) in [5, 5.41) is 12.2. The zero-order valence-corrected chi connectivity index (χ0v) is 16.2. The standard InChI is InChI=1S/C20H17N7S/c1-21-17-9-14-18(8-13(17)15-5-6-27(2)26-15)22-10-23-20(14)25-12-3-4-16-19(7-12)28-11-24-16/h3-11,21H,1-2H3,(H,22,23,25). The van der Waals surface area contributed by atoms with E-state index < -0.39 is 0 Å². The summed E-state index contributed by atoms with van der Waals surface area (Å²) in [5.41, 5.74) is 7.56. The summed E-state index contributed by atoms with van der Waals surface area (Å²) < 4.78 is 2.93. The molecule has 0 aliphatic carbocycles. The van der Waals surface area contributed by atoms with Gasteiger partial charge in [0.2, 0.25) is 0 Å². The topological polar surface area (TPSA) is 80.5 Å². The lowest BCUT2D eigenvalue weighted by atomic mass is 10.1. The van der Waals surface area contributed by atoms with Crippen molar-refractivity contribution in [2.24, 2.45) is 7.05 Å². The van der Waals surface area contributed by atoms with Gasteiger partial charge in [0.15, 0.2) is 0 Å². The minimum absolute atomic E-state index is 0.762. The number of hydrogen-bond donors (Lipinski definition) is 2. The summed E-state index contributed by atoms with van der Waals surface area (Å²) in [6.07, 6.45) is 3.51. The van der Waals surface area contributed by atoms with Crippen molar-refractivity contribution in [3.05, 3.63) is 54.4 Å². The number of thiazole rings is 1. The van der Waals surface area contributed by atoms with E-state index >= 15 is 0 Å². The molecule has 0 spiro atoms. The van der Waals surface area contributed by atoms with Gasteiger partial charge in [0, 0.05) is 42.6 Å². The first-order chi connectivity index (χ1) is 13.7. The average Bonchev–Trinajstić information content (AvgIpc) is 3.35. The van der Waals surface area contributed by atoms with Gasteiger partial charge in [0.25, 0.3) is 0 Å². The van der Waals surface area contributed by atoms with Crippen LogP contribution in [0, 0.1) is 0 Å².